The number of fused-ring (bicyclic) bond motifs is 1. The van der Waals surface area contributed by atoms with Crippen LogP contribution in [0.15, 0.2) is 79.4 Å². The molecule has 192 valence electrons. The summed E-state index contributed by atoms with van der Waals surface area (Å²) in [5.41, 5.74) is 3.60. The number of methoxy groups -OCH3 is 2. The number of hydrogen-bond donors (Lipinski definition) is 1. The smallest absolute Gasteiger partial charge is 0.251 e. The first-order valence-electron chi connectivity index (χ1n) is 12.4. The fourth-order valence-electron chi connectivity index (χ4n) is 4.27. The van der Waals surface area contributed by atoms with Crippen LogP contribution in [-0.2, 0) is 19.5 Å². The number of nitrogens with zero attached hydrogens (tertiary/aromatic N) is 2. The predicted octanol–water partition coefficient (Wildman–Crippen LogP) is 5.57. The maximum absolute atomic E-state index is 12.9. The van der Waals surface area contributed by atoms with Crippen molar-refractivity contribution in [2.45, 2.75) is 32.4 Å². The van der Waals surface area contributed by atoms with Gasteiger partial charge in [-0.2, -0.15) is 0 Å². The van der Waals surface area contributed by atoms with Gasteiger partial charge in [0.15, 0.2) is 11.5 Å². The van der Waals surface area contributed by atoms with Crippen LogP contribution in [0.4, 0.5) is 0 Å². The van der Waals surface area contributed by atoms with E-state index in [0.29, 0.717) is 30.2 Å². The van der Waals surface area contributed by atoms with Crippen molar-refractivity contribution >= 4 is 16.9 Å². The second-order valence-electron chi connectivity index (χ2n) is 8.58. The summed E-state index contributed by atoms with van der Waals surface area (Å²) in [5.74, 6) is 2.61. The number of imidazole rings is 1. The lowest BCUT2D eigenvalue weighted by Crippen LogP contribution is -2.25. The van der Waals surface area contributed by atoms with Gasteiger partial charge in [-0.1, -0.05) is 36.4 Å². The van der Waals surface area contributed by atoms with Gasteiger partial charge >= 0.3 is 0 Å². The summed E-state index contributed by atoms with van der Waals surface area (Å²) in [4.78, 5) is 17.6. The third-order valence-electron chi connectivity index (χ3n) is 6.16. The maximum Gasteiger partial charge on any atom is 0.251 e. The third-order valence-corrected chi connectivity index (χ3v) is 6.16. The Hall–Kier alpha value is -4.26. The minimum absolute atomic E-state index is 0.203. The molecule has 1 heterocycles. The van der Waals surface area contributed by atoms with E-state index in [1.165, 1.54) is 0 Å². The number of rotatable bonds is 13. The van der Waals surface area contributed by atoms with E-state index in [4.69, 9.17) is 19.2 Å². The highest BCUT2D eigenvalue weighted by Crippen LogP contribution is 2.27. The molecule has 4 rings (SSSR count). The molecule has 0 aliphatic carbocycles. The number of para-hydroxylation sites is 3. The van der Waals surface area contributed by atoms with E-state index in [9.17, 15) is 4.79 Å². The summed E-state index contributed by atoms with van der Waals surface area (Å²) in [7, 11) is 3.11. The first-order chi connectivity index (χ1) is 18.1. The molecule has 1 N–H and O–H groups in total. The Morgan fingerprint density at radius 3 is 2.57 bits per heavy atom. The monoisotopic (exact) mass is 499 g/mol. The van der Waals surface area contributed by atoms with Crippen LogP contribution in [-0.4, -0.2) is 36.3 Å². The lowest BCUT2D eigenvalue weighted by Gasteiger charge is -2.13. The molecule has 37 heavy (non-hydrogen) atoms. The molecule has 7 heteroatoms. The molecule has 0 aliphatic rings. The fraction of sp³-hybridized carbons (Fsp3) is 0.267. The molecular weight excluding hydrogens is 466 g/mol. The standard InChI is InChI=1S/C30H33N3O4/c1-4-11-22-12-5-8-15-26(22)37-19-10-9-18-33-25-14-7-6-13-24(25)32-29(33)21-31-30(34)23-16-17-27(35-2)28(20-23)36-3/h4-8,12-17,20H,1,9-11,18-19,21H2,2-3H3,(H,31,34). The minimum atomic E-state index is -0.203. The Balaban J connectivity index is 1.39. The number of hydrogen-bond acceptors (Lipinski definition) is 5. The molecule has 0 saturated heterocycles. The second-order valence-corrected chi connectivity index (χ2v) is 8.58. The molecule has 1 amide bonds. The number of carbonyl (C=O) groups is 1. The van der Waals surface area contributed by atoms with Gasteiger partial charge in [-0.25, -0.2) is 4.98 Å². The van der Waals surface area contributed by atoms with E-state index in [1.807, 2.05) is 42.5 Å². The number of aryl methyl sites for hydroxylation is 1. The van der Waals surface area contributed by atoms with Crippen molar-refractivity contribution in [3.8, 4) is 17.2 Å². The zero-order valence-corrected chi connectivity index (χ0v) is 21.4. The number of amides is 1. The molecule has 1 aromatic heterocycles. The van der Waals surface area contributed by atoms with Crippen LogP contribution >= 0.6 is 0 Å². The van der Waals surface area contributed by atoms with E-state index in [1.54, 1.807) is 32.4 Å². The van der Waals surface area contributed by atoms with E-state index in [2.05, 4.69) is 28.6 Å². The number of benzene rings is 3. The topological polar surface area (TPSA) is 74.6 Å². The summed E-state index contributed by atoms with van der Waals surface area (Å²) >= 11 is 0. The fourth-order valence-corrected chi connectivity index (χ4v) is 4.27. The van der Waals surface area contributed by atoms with Crippen LogP contribution in [0, 0.1) is 0 Å². The van der Waals surface area contributed by atoms with Gasteiger partial charge in [0.1, 0.15) is 11.6 Å². The summed E-state index contributed by atoms with van der Waals surface area (Å²) in [6, 6.07) is 21.2. The van der Waals surface area contributed by atoms with Crippen LogP contribution in [0.5, 0.6) is 17.2 Å². The van der Waals surface area contributed by atoms with E-state index < -0.39 is 0 Å². The quantitative estimate of drug-likeness (QED) is 0.192. The number of ether oxygens (including phenoxy) is 3. The van der Waals surface area contributed by atoms with Crippen molar-refractivity contribution in [1.29, 1.82) is 0 Å². The summed E-state index contributed by atoms with van der Waals surface area (Å²) < 4.78 is 18.8. The molecule has 0 aliphatic heterocycles. The molecule has 0 unspecified atom stereocenters. The van der Waals surface area contributed by atoms with E-state index in [0.717, 1.165) is 54.0 Å². The highest BCUT2D eigenvalue weighted by Gasteiger charge is 2.14. The average Bonchev–Trinajstić information content (AvgIpc) is 3.29. The largest absolute Gasteiger partial charge is 0.493 e. The number of unbranched alkanes of at least 4 members (excludes halogenated alkanes) is 1. The first kappa shape index (κ1) is 25.8. The van der Waals surface area contributed by atoms with Crippen molar-refractivity contribution < 1.29 is 19.0 Å². The van der Waals surface area contributed by atoms with Gasteiger partial charge in [0.25, 0.3) is 5.91 Å². The SMILES string of the molecule is C=CCc1ccccc1OCCCCn1c(CNC(=O)c2ccc(OC)c(OC)c2)nc2ccccc21. The Morgan fingerprint density at radius 1 is 0.973 bits per heavy atom. The van der Waals surface area contributed by atoms with Crippen LogP contribution in [0.1, 0.15) is 34.6 Å². The Morgan fingerprint density at radius 2 is 1.76 bits per heavy atom. The van der Waals surface area contributed by atoms with Crippen molar-refractivity contribution in [2.24, 2.45) is 0 Å². The van der Waals surface area contributed by atoms with Gasteiger partial charge in [0, 0.05) is 12.1 Å². The number of aromatic nitrogens is 2. The zero-order valence-electron chi connectivity index (χ0n) is 21.4. The van der Waals surface area contributed by atoms with Gasteiger partial charge in [0.2, 0.25) is 0 Å². The second kappa shape index (κ2) is 12.6. The molecular formula is C30H33N3O4. The normalized spacial score (nSPS) is 10.8. The van der Waals surface area contributed by atoms with Gasteiger partial charge in [-0.15, -0.1) is 6.58 Å². The first-order valence-corrected chi connectivity index (χ1v) is 12.4. The maximum atomic E-state index is 12.9. The van der Waals surface area contributed by atoms with E-state index >= 15 is 0 Å². The van der Waals surface area contributed by atoms with Gasteiger partial charge in [-0.3, -0.25) is 4.79 Å². The highest BCUT2D eigenvalue weighted by molar-refractivity contribution is 5.94. The summed E-state index contributed by atoms with van der Waals surface area (Å²) in [6.07, 6.45) is 4.49. The third kappa shape index (κ3) is 6.30. The van der Waals surface area contributed by atoms with Gasteiger partial charge in [-0.05, 0) is 61.2 Å². The Kier molecular flexibility index (Phi) is 8.81. The molecule has 3 aromatic carbocycles. The van der Waals surface area contributed by atoms with Gasteiger partial charge in [0.05, 0.1) is 38.4 Å². The average molecular weight is 500 g/mol. The van der Waals surface area contributed by atoms with E-state index in [-0.39, 0.29) is 5.91 Å². The van der Waals surface area contributed by atoms with Crippen LogP contribution in [0.2, 0.25) is 0 Å². The van der Waals surface area contributed by atoms with Crippen molar-refractivity contribution in [2.75, 3.05) is 20.8 Å². The van der Waals surface area contributed by atoms with Crippen molar-refractivity contribution in [3.05, 3.63) is 96.3 Å². The van der Waals surface area contributed by atoms with Crippen LogP contribution < -0.4 is 19.5 Å². The number of nitrogens with one attached hydrogen (secondary N) is 1. The molecule has 4 aromatic rings. The minimum Gasteiger partial charge on any atom is -0.493 e. The van der Waals surface area contributed by atoms with Gasteiger partial charge < -0.3 is 24.1 Å². The highest BCUT2D eigenvalue weighted by atomic mass is 16.5. The zero-order chi connectivity index (χ0) is 26.0. The predicted molar refractivity (Wildman–Crippen MR) is 146 cm³/mol. The summed E-state index contributed by atoms with van der Waals surface area (Å²) in [6.45, 7) is 5.55. The number of carbonyl (C=O) groups excluding carboxylic acids is 1. The molecule has 0 atom stereocenters. The molecule has 0 fully saturated rings. The van der Waals surface area contributed by atoms with Crippen molar-refractivity contribution in [1.82, 2.24) is 14.9 Å². The van der Waals surface area contributed by atoms with Crippen molar-refractivity contribution in [3.63, 3.8) is 0 Å². The number of allylic oxidation sites excluding steroid dienone is 1. The lowest BCUT2D eigenvalue weighted by molar-refractivity contribution is 0.0949. The summed E-state index contributed by atoms with van der Waals surface area (Å²) in [5, 5.41) is 3.00. The lowest BCUT2D eigenvalue weighted by atomic mass is 10.1. The van der Waals surface area contributed by atoms with Crippen LogP contribution in [0.25, 0.3) is 11.0 Å². The molecule has 7 nitrogen and oxygen atoms in total. The Labute approximate surface area is 217 Å². The molecule has 0 saturated carbocycles. The molecule has 0 radical (unpaired) electrons. The molecule has 0 spiro atoms. The Bertz CT molecular complexity index is 1360. The van der Waals surface area contributed by atoms with Crippen LogP contribution in [0.3, 0.4) is 0 Å². The molecule has 0 bridgehead atoms.